The van der Waals surface area contributed by atoms with Crippen molar-refractivity contribution in [3.63, 3.8) is 0 Å². The molecular formula is C21H32N4O6S6. The summed E-state index contributed by atoms with van der Waals surface area (Å²) < 4.78 is 35.6. The van der Waals surface area contributed by atoms with E-state index in [9.17, 15) is 0 Å². The Balaban J connectivity index is 1.45. The van der Waals surface area contributed by atoms with Gasteiger partial charge in [0.25, 0.3) is 0 Å². The fourth-order valence-corrected chi connectivity index (χ4v) is 8.36. The second-order valence-electron chi connectivity index (χ2n) is 6.74. The molecule has 0 N–H and O–H groups in total. The third-order valence-electron chi connectivity index (χ3n) is 3.57. The summed E-state index contributed by atoms with van der Waals surface area (Å²) in [5.41, 5.74) is 0. The molecule has 0 saturated heterocycles. The van der Waals surface area contributed by atoms with E-state index in [0.717, 1.165) is 33.9 Å². The number of thioether (sulfide) groups is 4. The maximum atomic E-state index is 5.54. The summed E-state index contributed by atoms with van der Waals surface area (Å²) >= 11 is 9.75. The van der Waals surface area contributed by atoms with Gasteiger partial charge in [-0.1, -0.05) is 82.9 Å². The fourth-order valence-electron chi connectivity index (χ4n) is 1.98. The smallest absolute Gasteiger partial charge is 0.188 e. The largest absolute Gasteiger partial charge is 0.473 e. The van der Waals surface area contributed by atoms with Gasteiger partial charge in [0.2, 0.25) is 0 Å². The first kappa shape index (κ1) is 32.7. The highest BCUT2D eigenvalue weighted by atomic mass is 32.2. The molecule has 0 amide bonds. The van der Waals surface area contributed by atoms with Crippen molar-refractivity contribution in [2.45, 2.75) is 31.2 Å². The Morgan fingerprint density at radius 2 is 0.973 bits per heavy atom. The van der Waals surface area contributed by atoms with Crippen LogP contribution in [-0.2, 0) is 28.4 Å². The third-order valence-corrected chi connectivity index (χ3v) is 10.0. The molecule has 0 aliphatic carbocycles. The normalized spacial score (nSPS) is 11.1. The van der Waals surface area contributed by atoms with Crippen LogP contribution >= 0.6 is 69.7 Å². The Morgan fingerprint density at radius 1 is 0.595 bits per heavy atom. The predicted molar refractivity (Wildman–Crippen MR) is 153 cm³/mol. The molecule has 16 heteroatoms. The summed E-state index contributed by atoms with van der Waals surface area (Å²) in [7, 11) is 0. The Kier molecular flexibility index (Phi) is 18.8. The summed E-state index contributed by atoms with van der Waals surface area (Å²) in [6, 6.07) is 0. The van der Waals surface area contributed by atoms with Gasteiger partial charge in [-0.15, -0.1) is 20.4 Å². The molecule has 0 radical (unpaired) electrons. The molecule has 0 spiro atoms. The van der Waals surface area contributed by atoms with Crippen LogP contribution in [0, 0.1) is 0 Å². The number of nitrogens with zero attached hydrogens (tertiary/aromatic N) is 4. The zero-order chi connectivity index (χ0) is 26.6. The van der Waals surface area contributed by atoms with E-state index in [1.807, 2.05) is 0 Å². The van der Waals surface area contributed by atoms with E-state index in [1.54, 1.807) is 83.6 Å². The summed E-state index contributed by atoms with van der Waals surface area (Å²) in [6.45, 7) is 14.5. The lowest BCUT2D eigenvalue weighted by Crippen LogP contribution is -2.08. The van der Waals surface area contributed by atoms with Crippen LogP contribution in [0.5, 0.6) is 0 Å². The molecule has 2 rings (SSSR count). The van der Waals surface area contributed by atoms with Crippen LogP contribution in [0.2, 0.25) is 0 Å². The zero-order valence-corrected chi connectivity index (χ0v) is 25.8. The molecule has 0 saturated carbocycles. The molecule has 0 atom stereocenters. The van der Waals surface area contributed by atoms with Gasteiger partial charge in [-0.25, -0.2) is 0 Å². The number of ether oxygens (including phenoxy) is 6. The first-order valence-electron chi connectivity index (χ1n) is 11.1. The Morgan fingerprint density at radius 3 is 1.38 bits per heavy atom. The van der Waals surface area contributed by atoms with Gasteiger partial charge in [0.05, 0.1) is 56.2 Å². The van der Waals surface area contributed by atoms with Crippen molar-refractivity contribution < 1.29 is 28.4 Å². The van der Waals surface area contributed by atoms with Crippen LogP contribution in [-0.4, -0.2) is 90.2 Å². The third kappa shape index (κ3) is 17.6. The minimum Gasteiger partial charge on any atom is -0.473 e. The van der Waals surface area contributed by atoms with Crippen LogP contribution < -0.4 is 0 Å². The number of aromatic nitrogens is 4. The van der Waals surface area contributed by atoms with Crippen LogP contribution in [0.25, 0.3) is 0 Å². The molecule has 208 valence electrons. The second-order valence-corrected chi connectivity index (χ2v) is 14.2. The van der Waals surface area contributed by atoms with Crippen molar-refractivity contribution in [2.24, 2.45) is 0 Å². The number of hydrogen-bond acceptors (Lipinski definition) is 16. The van der Waals surface area contributed by atoms with Gasteiger partial charge < -0.3 is 28.4 Å². The van der Waals surface area contributed by atoms with Crippen molar-refractivity contribution in [1.82, 2.24) is 20.4 Å². The van der Waals surface area contributed by atoms with Gasteiger partial charge in [-0.05, 0) is 13.8 Å². The van der Waals surface area contributed by atoms with Crippen molar-refractivity contribution in [3.05, 3.63) is 24.7 Å². The molecule has 0 fully saturated rings. The maximum Gasteiger partial charge on any atom is 0.188 e. The average Bonchev–Trinajstić information content (AvgIpc) is 3.51. The Bertz CT molecular complexity index is 832. The first-order valence-corrected chi connectivity index (χ1v) is 16.7. The molecule has 2 heterocycles. The molecule has 37 heavy (non-hydrogen) atoms. The summed E-state index contributed by atoms with van der Waals surface area (Å²) in [6.07, 6.45) is 0. The van der Waals surface area contributed by atoms with E-state index in [1.165, 1.54) is 0 Å². The standard InChI is InChI=1S/C21H32N4O6S6/c1-16(2)30-13-28-7-5-26-9-11-32-18-22-24-20(36-18)34-15-35-21-25-23-19(37-21)33-12-10-27-6-8-29-14-31-17(3)4/h1,3,5-15H2,2,4H3. The fraction of sp³-hybridized carbons (Fsp3) is 0.619. The molecule has 0 bridgehead atoms. The Labute approximate surface area is 243 Å². The van der Waals surface area contributed by atoms with Crippen LogP contribution in [0.3, 0.4) is 0 Å². The molecule has 0 unspecified atom stereocenters. The van der Waals surface area contributed by atoms with E-state index in [0.29, 0.717) is 51.2 Å². The number of allylic oxidation sites excluding steroid dienone is 2. The van der Waals surface area contributed by atoms with Gasteiger partial charge in [0.15, 0.2) is 30.9 Å². The van der Waals surface area contributed by atoms with E-state index in [2.05, 4.69) is 33.6 Å². The van der Waals surface area contributed by atoms with Gasteiger partial charge in [0, 0.05) is 11.5 Å². The maximum absolute atomic E-state index is 5.54. The highest BCUT2D eigenvalue weighted by Gasteiger charge is 2.09. The molecule has 0 aliphatic heterocycles. The van der Waals surface area contributed by atoms with Crippen molar-refractivity contribution in [3.8, 4) is 0 Å². The molecular weight excluding hydrogens is 597 g/mol. The minimum absolute atomic E-state index is 0.205. The van der Waals surface area contributed by atoms with Crippen LogP contribution in [0.15, 0.2) is 42.0 Å². The topological polar surface area (TPSA) is 107 Å². The highest BCUT2D eigenvalue weighted by Crippen LogP contribution is 2.35. The second kappa shape index (κ2) is 21.3. The molecule has 0 aliphatic rings. The Hall–Kier alpha value is -0.560. The van der Waals surface area contributed by atoms with Crippen molar-refractivity contribution >= 4 is 69.7 Å². The van der Waals surface area contributed by atoms with Crippen LogP contribution in [0.1, 0.15) is 13.8 Å². The minimum atomic E-state index is 0.205. The zero-order valence-electron chi connectivity index (χ0n) is 20.9. The lowest BCUT2D eigenvalue weighted by molar-refractivity contribution is -0.0428. The quantitative estimate of drug-likeness (QED) is 0.0632. The highest BCUT2D eigenvalue weighted by molar-refractivity contribution is 8.17. The monoisotopic (exact) mass is 628 g/mol. The van der Waals surface area contributed by atoms with E-state index in [4.69, 9.17) is 28.4 Å². The van der Waals surface area contributed by atoms with E-state index < -0.39 is 0 Å². The molecule has 2 aromatic rings. The summed E-state index contributed by atoms with van der Waals surface area (Å²) in [4.78, 5) is 0. The SMILES string of the molecule is C=C(C)OCOCCOCCSc1nnc(SCSc2nnc(SCCOCCOCOC(=C)C)s2)s1. The number of hydrogen-bond donors (Lipinski definition) is 0. The molecule has 0 aromatic carbocycles. The summed E-state index contributed by atoms with van der Waals surface area (Å²) in [5.74, 6) is 2.89. The van der Waals surface area contributed by atoms with Crippen molar-refractivity contribution in [2.75, 3.05) is 69.8 Å². The summed E-state index contributed by atoms with van der Waals surface area (Å²) in [5, 5.41) is 17.8. The average molecular weight is 629 g/mol. The number of rotatable bonds is 24. The van der Waals surface area contributed by atoms with Gasteiger partial charge in [-0.3, -0.25) is 0 Å². The lowest BCUT2D eigenvalue weighted by atomic mass is 10.7. The van der Waals surface area contributed by atoms with Crippen LogP contribution in [0.4, 0.5) is 0 Å². The molecule has 2 aromatic heterocycles. The van der Waals surface area contributed by atoms with Gasteiger partial charge in [-0.2, -0.15) is 0 Å². The predicted octanol–water partition coefficient (Wildman–Crippen LogP) is 5.50. The van der Waals surface area contributed by atoms with Gasteiger partial charge in [0.1, 0.15) is 0 Å². The van der Waals surface area contributed by atoms with E-state index in [-0.39, 0.29) is 13.6 Å². The first-order chi connectivity index (χ1) is 18.0. The van der Waals surface area contributed by atoms with E-state index >= 15 is 0 Å². The van der Waals surface area contributed by atoms with Gasteiger partial charge >= 0.3 is 0 Å². The van der Waals surface area contributed by atoms with Crippen molar-refractivity contribution in [1.29, 1.82) is 0 Å². The lowest BCUT2D eigenvalue weighted by Gasteiger charge is -2.06. The molecule has 10 nitrogen and oxygen atoms in total.